The monoisotopic (exact) mass is 490 g/mol. The first-order chi connectivity index (χ1) is 14.3. The van der Waals surface area contributed by atoms with Crippen LogP contribution in [-0.4, -0.2) is 31.7 Å². The molecule has 2 aromatic rings. The molecule has 1 aliphatic heterocycles. The molecule has 7 heteroatoms. The average Bonchev–Trinajstić information content (AvgIpc) is 2.74. The van der Waals surface area contributed by atoms with Gasteiger partial charge in [0.2, 0.25) is 10.0 Å². The Morgan fingerprint density at radius 3 is 2.60 bits per heavy atom. The van der Waals surface area contributed by atoms with Crippen molar-refractivity contribution in [3.8, 4) is 0 Å². The van der Waals surface area contributed by atoms with Crippen molar-refractivity contribution in [3.63, 3.8) is 0 Å². The number of nitrogens with one attached hydrogen (secondary N) is 1. The molecule has 2 aliphatic rings. The smallest absolute Gasteiger partial charge is 0.251 e. The molecule has 1 atom stereocenters. The fourth-order valence-corrected chi connectivity index (χ4v) is 6.55. The summed E-state index contributed by atoms with van der Waals surface area (Å²) in [6.45, 7) is 3.20. The Hall–Kier alpha value is -1.70. The highest BCUT2D eigenvalue weighted by Crippen LogP contribution is 2.31. The molecule has 1 N–H and O–H groups in total. The molecule has 160 valence electrons. The van der Waals surface area contributed by atoms with E-state index in [2.05, 4.69) is 40.3 Å². The summed E-state index contributed by atoms with van der Waals surface area (Å²) < 4.78 is 28.4. The summed E-state index contributed by atoms with van der Waals surface area (Å²) in [4.78, 5) is 13.2. The second-order valence-corrected chi connectivity index (χ2v) is 11.2. The summed E-state index contributed by atoms with van der Waals surface area (Å²) in [5, 5.41) is 3.11. The van der Waals surface area contributed by atoms with Gasteiger partial charge in [-0.25, -0.2) is 8.42 Å². The van der Waals surface area contributed by atoms with Crippen molar-refractivity contribution in [3.05, 3.63) is 63.6 Å². The van der Waals surface area contributed by atoms with Crippen molar-refractivity contribution < 1.29 is 13.2 Å². The molecule has 1 fully saturated rings. The zero-order chi connectivity index (χ0) is 21.3. The van der Waals surface area contributed by atoms with Crippen molar-refractivity contribution in [2.45, 2.75) is 50.0 Å². The summed E-state index contributed by atoms with van der Waals surface area (Å²) in [6.07, 6.45) is 4.65. The molecule has 1 unspecified atom stereocenters. The first-order valence-corrected chi connectivity index (χ1v) is 12.8. The Kier molecular flexibility index (Phi) is 6.32. The lowest BCUT2D eigenvalue weighted by Crippen LogP contribution is -2.38. The van der Waals surface area contributed by atoms with Crippen molar-refractivity contribution in [1.29, 1.82) is 0 Å². The molecule has 1 amide bonds. The van der Waals surface area contributed by atoms with Crippen LogP contribution in [0.4, 0.5) is 0 Å². The van der Waals surface area contributed by atoms with Crippen LogP contribution < -0.4 is 5.32 Å². The van der Waals surface area contributed by atoms with Crippen molar-refractivity contribution >= 4 is 31.9 Å². The van der Waals surface area contributed by atoms with E-state index in [9.17, 15) is 13.2 Å². The number of piperidine rings is 1. The molecular formula is C23H27BrN2O3S. The van der Waals surface area contributed by atoms with E-state index in [1.54, 1.807) is 12.1 Å². The number of nitrogens with zero attached hydrogens (tertiary/aromatic N) is 1. The molecule has 0 aromatic heterocycles. The van der Waals surface area contributed by atoms with Gasteiger partial charge in [-0.1, -0.05) is 47.1 Å². The first-order valence-electron chi connectivity index (χ1n) is 10.5. The van der Waals surface area contributed by atoms with Gasteiger partial charge in [0.25, 0.3) is 5.91 Å². The fraction of sp³-hybridized carbons (Fsp3) is 0.435. The molecular weight excluding hydrogens is 464 g/mol. The van der Waals surface area contributed by atoms with Gasteiger partial charge in [-0.3, -0.25) is 4.79 Å². The molecule has 0 radical (unpaired) electrons. The average molecular weight is 491 g/mol. The number of carbonyl (C=O) groups is 1. The zero-order valence-corrected chi connectivity index (χ0v) is 19.5. The number of hydrogen-bond donors (Lipinski definition) is 1. The van der Waals surface area contributed by atoms with Crippen molar-refractivity contribution in [2.24, 2.45) is 5.92 Å². The molecule has 1 aliphatic carbocycles. The summed E-state index contributed by atoms with van der Waals surface area (Å²) in [5.74, 6) is 0.292. The van der Waals surface area contributed by atoms with Crippen LogP contribution in [0.3, 0.4) is 0 Å². The quantitative estimate of drug-likeness (QED) is 0.676. The minimum atomic E-state index is -3.62. The Balaban J connectivity index is 1.57. The minimum Gasteiger partial charge on any atom is -0.345 e. The highest BCUT2D eigenvalue weighted by Gasteiger charge is 2.29. The van der Waals surface area contributed by atoms with Crippen LogP contribution in [0.1, 0.15) is 60.1 Å². The van der Waals surface area contributed by atoms with Gasteiger partial charge < -0.3 is 5.32 Å². The molecule has 0 saturated carbocycles. The zero-order valence-electron chi connectivity index (χ0n) is 17.1. The van der Waals surface area contributed by atoms with E-state index >= 15 is 0 Å². The number of amides is 1. The topological polar surface area (TPSA) is 66.5 Å². The lowest BCUT2D eigenvalue weighted by Gasteiger charge is -2.29. The molecule has 1 heterocycles. The van der Waals surface area contributed by atoms with Gasteiger partial charge in [0.05, 0.1) is 10.9 Å². The largest absolute Gasteiger partial charge is 0.345 e. The number of rotatable bonds is 4. The Morgan fingerprint density at radius 2 is 1.83 bits per heavy atom. The summed E-state index contributed by atoms with van der Waals surface area (Å²) >= 11 is 3.40. The SMILES string of the molecule is CC1CCN(S(=O)(=O)c2cc(Br)cc(C(=O)NC3CCCc4ccccc43)c2)CC1. The third-order valence-electron chi connectivity index (χ3n) is 6.19. The number of hydrogen-bond acceptors (Lipinski definition) is 3. The summed E-state index contributed by atoms with van der Waals surface area (Å²) in [5.41, 5.74) is 2.78. The molecule has 2 aromatic carbocycles. The third kappa shape index (κ3) is 4.48. The Labute approximate surface area is 187 Å². The number of sulfonamides is 1. The van der Waals surface area contributed by atoms with Crippen LogP contribution in [0, 0.1) is 5.92 Å². The van der Waals surface area contributed by atoms with Crippen LogP contribution in [0.5, 0.6) is 0 Å². The van der Waals surface area contributed by atoms with Crippen LogP contribution in [0.15, 0.2) is 51.8 Å². The maximum Gasteiger partial charge on any atom is 0.251 e. The third-order valence-corrected chi connectivity index (χ3v) is 8.52. The second-order valence-electron chi connectivity index (χ2n) is 8.38. The molecule has 5 nitrogen and oxygen atoms in total. The van der Waals surface area contributed by atoms with Crippen molar-refractivity contribution in [1.82, 2.24) is 9.62 Å². The normalized spacial score (nSPS) is 20.5. The predicted octanol–water partition coefficient (Wildman–Crippen LogP) is 4.68. The number of fused-ring (bicyclic) bond motifs is 1. The summed E-state index contributed by atoms with van der Waals surface area (Å²) in [7, 11) is -3.62. The van der Waals surface area contributed by atoms with Crippen LogP contribution in [0.25, 0.3) is 0 Å². The lowest BCUT2D eigenvalue weighted by molar-refractivity contribution is 0.0932. The molecule has 4 rings (SSSR count). The van der Waals surface area contributed by atoms with Gasteiger partial charge in [0, 0.05) is 23.1 Å². The maximum atomic E-state index is 13.1. The minimum absolute atomic E-state index is 0.0509. The lowest BCUT2D eigenvalue weighted by atomic mass is 9.87. The van der Waals surface area contributed by atoms with Gasteiger partial charge in [-0.15, -0.1) is 0 Å². The van der Waals surface area contributed by atoms with E-state index in [1.807, 2.05) is 12.1 Å². The van der Waals surface area contributed by atoms with Crippen LogP contribution >= 0.6 is 15.9 Å². The van der Waals surface area contributed by atoms with E-state index in [0.29, 0.717) is 29.0 Å². The fourth-order valence-electron chi connectivity index (χ4n) is 4.36. The number of aryl methyl sites for hydroxylation is 1. The molecule has 0 bridgehead atoms. The van der Waals surface area contributed by atoms with E-state index in [-0.39, 0.29) is 16.8 Å². The van der Waals surface area contributed by atoms with Gasteiger partial charge in [-0.05, 0) is 67.3 Å². The number of benzene rings is 2. The number of halogens is 1. The molecule has 1 saturated heterocycles. The molecule has 0 spiro atoms. The summed E-state index contributed by atoms with van der Waals surface area (Å²) in [6, 6.07) is 12.9. The van der Waals surface area contributed by atoms with Gasteiger partial charge in [0.1, 0.15) is 0 Å². The van der Waals surface area contributed by atoms with Crippen LogP contribution in [0.2, 0.25) is 0 Å². The highest BCUT2D eigenvalue weighted by molar-refractivity contribution is 9.10. The van der Waals surface area contributed by atoms with E-state index in [1.165, 1.54) is 15.9 Å². The Morgan fingerprint density at radius 1 is 1.10 bits per heavy atom. The predicted molar refractivity (Wildman–Crippen MR) is 121 cm³/mol. The van der Waals surface area contributed by atoms with E-state index in [4.69, 9.17) is 0 Å². The van der Waals surface area contributed by atoms with E-state index < -0.39 is 10.0 Å². The standard InChI is InChI=1S/C23H27BrN2O3S/c1-16-9-11-26(12-10-16)30(28,29)20-14-18(13-19(24)15-20)23(27)25-22-8-4-6-17-5-2-3-7-21(17)22/h2-3,5,7,13-16,22H,4,6,8-12H2,1H3,(H,25,27). The van der Waals surface area contributed by atoms with Crippen molar-refractivity contribution in [2.75, 3.05) is 13.1 Å². The highest BCUT2D eigenvalue weighted by atomic mass is 79.9. The molecule has 30 heavy (non-hydrogen) atoms. The van der Waals surface area contributed by atoms with Gasteiger partial charge >= 0.3 is 0 Å². The first kappa shape index (κ1) is 21.5. The Bertz CT molecular complexity index is 1050. The number of carbonyl (C=O) groups excluding carboxylic acids is 1. The van der Waals surface area contributed by atoms with E-state index in [0.717, 1.165) is 37.7 Å². The maximum absolute atomic E-state index is 13.1. The van der Waals surface area contributed by atoms with Gasteiger partial charge in [0.15, 0.2) is 0 Å². The second kappa shape index (κ2) is 8.81. The van der Waals surface area contributed by atoms with Gasteiger partial charge in [-0.2, -0.15) is 4.31 Å². The van der Waals surface area contributed by atoms with Crippen LogP contribution in [-0.2, 0) is 16.4 Å².